The second kappa shape index (κ2) is 5.58. The Kier molecular flexibility index (Phi) is 5.24. The summed E-state index contributed by atoms with van der Waals surface area (Å²) in [6, 6.07) is 2.07. The van der Waals surface area contributed by atoms with Crippen molar-refractivity contribution < 1.29 is 0 Å². The summed E-state index contributed by atoms with van der Waals surface area (Å²) in [6.45, 7) is 8.09. The smallest absolute Gasteiger partial charge is 0.0638 e. The third-order valence-electron chi connectivity index (χ3n) is 1.25. The maximum absolute atomic E-state index is 8.20. The molecule has 0 atom stereocenters. The minimum absolute atomic E-state index is 0.529. The van der Waals surface area contributed by atoms with Crippen molar-refractivity contribution in [1.29, 1.82) is 5.26 Å². The van der Waals surface area contributed by atoms with Crippen molar-refractivity contribution in [1.82, 2.24) is 4.90 Å². The molecule has 0 spiro atoms. The van der Waals surface area contributed by atoms with E-state index in [0.29, 0.717) is 6.42 Å². The third-order valence-corrected chi connectivity index (χ3v) is 1.25. The van der Waals surface area contributed by atoms with Crippen molar-refractivity contribution in [2.75, 3.05) is 13.1 Å². The van der Waals surface area contributed by atoms with Gasteiger partial charge in [0.15, 0.2) is 0 Å². The number of hydrogen-bond donors (Lipinski definition) is 0. The molecular formula is C7H13N2. The molecule has 2 heteroatoms. The van der Waals surface area contributed by atoms with Crippen LogP contribution in [0.3, 0.4) is 0 Å². The van der Waals surface area contributed by atoms with Crippen molar-refractivity contribution in [3.63, 3.8) is 0 Å². The van der Waals surface area contributed by atoms with Gasteiger partial charge in [0.1, 0.15) is 0 Å². The lowest BCUT2D eigenvalue weighted by molar-refractivity contribution is 0.368. The molecule has 0 aliphatic rings. The molecule has 0 amide bonds. The van der Waals surface area contributed by atoms with E-state index < -0.39 is 0 Å². The molecule has 0 fully saturated rings. The largest absolute Gasteiger partial charge is 0.298 e. The lowest BCUT2D eigenvalue weighted by Gasteiger charge is -2.14. The Hall–Kier alpha value is -0.550. The number of hydrogen-bond acceptors (Lipinski definition) is 2. The highest BCUT2D eigenvalue weighted by atomic mass is 15.1. The first-order valence-corrected chi connectivity index (χ1v) is 3.29. The molecule has 0 aliphatic carbocycles. The Balaban J connectivity index is 3.22. The maximum atomic E-state index is 8.20. The molecule has 0 unspecified atom stereocenters. The first kappa shape index (κ1) is 8.45. The zero-order chi connectivity index (χ0) is 7.11. The molecule has 0 saturated carbocycles. The summed E-state index contributed by atoms with van der Waals surface area (Å²) < 4.78 is 0. The lowest BCUT2D eigenvalue weighted by Crippen LogP contribution is -2.19. The Morgan fingerprint density at radius 1 is 1.44 bits per heavy atom. The first-order valence-electron chi connectivity index (χ1n) is 3.29. The summed E-state index contributed by atoms with van der Waals surface area (Å²) in [6.07, 6.45) is 0.529. The fourth-order valence-corrected chi connectivity index (χ4v) is 0.652. The number of nitrogens with zero attached hydrogens (tertiary/aromatic N) is 2. The van der Waals surface area contributed by atoms with Crippen LogP contribution in [0.1, 0.15) is 20.3 Å². The molecule has 0 heterocycles. The van der Waals surface area contributed by atoms with E-state index in [2.05, 4.69) is 24.8 Å². The molecule has 0 aromatic heterocycles. The van der Waals surface area contributed by atoms with Crippen LogP contribution < -0.4 is 0 Å². The Labute approximate surface area is 57.1 Å². The van der Waals surface area contributed by atoms with Crippen LogP contribution in [-0.2, 0) is 0 Å². The van der Waals surface area contributed by atoms with E-state index >= 15 is 0 Å². The number of rotatable bonds is 4. The van der Waals surface area contributed by atoms with Crippen LogP contribution in [0.25, 0.3) is 0 Å². The zero-order valence-corrected chi connectivity index (χ0v) is 6.09. The first-order chi connectivity index (χ1) is 4.35. The summed E-state index contributed by atoms with van der Waals surface area (Å²) in [5.74, 6) is 0. The molecule has 0 rings (SSSR count). The Bertz CT molecular complexity index is 89.6. The monoisotopic (exact) mass is 125 g/mol. The minimum atomic E-state index is 0.529. The highest BCUT2D eigenvalue weighted by Gasteiger charge is 1.95. The minimum Gasteiger partial charge on any atom is -0.298 e. The van der Waals surface area contributed by atoms with E-state index in [-0.39, 0.29) is 0 Å². The van der Waals surface area contributed by atoms with Gasteiger partial charge in [0, 0.05) is 6.54 Å². The van der Waals surface area contributed by atoms with Crippen LogP contribution in [-0.4, -0.2) is 18.0 Å². The normalized spacial score (nSPS) is 9.56. The van der Waals surface area contributed by atoms with Gasteiger partial charge >= 0.3 is 0 Å². The quantitative estimate of drug-likeness (QED) is 0.568. The van der Waals surface area contributed by atoms with Gasteiger partial charge in [-0.25, -0.2) is 0 Å². The Morgan fingerprint density at radius 2 is 2.00 bits per heavy atom. The van der Waals surface area contributed by atoms with E-state index in [1.807, 2.05) is 6.54 Å². The van der Waals surface area contributed by atoms with Crippen LogP contribution in [0, 0.1) is 17.9 Å². The molecule has 0 bridgehead atoms. The summed E-state index contributed by atoms with van der Waals surface area (Å²) in [5, 5.41) is 8.20. The summed E-state index contributed by atoms with van der Waals surface area (Å²) >= 11 is 0. The molecule has 2 nitrogen and oxygen atoms in total. The SMILES string of the molecule is CCN([CH]CC#N)CC. The summed E-state index contributed by atoms with van der Waals surface area (Å²) in [4.78, 5) is 2.11. The van der Waals surface area contributed by atoms with Crippen LogP contribution in [0.4, 0.5) is 0 Å². The van der Waals surface area contributed by atoms with E-state index in [1.54, 1.807) is 0 Å². The van der Waals surface area contributed by atoms with Crippen LogP contribution in [0.2, 0.25) is 0 Å². The van der Waals surface area contributed by atoms with Gasteiger partial charge < -0.3 is 0 Å². The average Bonchev–Trinajstić information content (AvgIpc) is 1.91. The van der Waals surface area contributed by atoms with Gasteiger partial charge in [0.2, 0.25) is 0 Å². The predicted molar refractivity (Wildman–Crippen MR) is 37.5 cm³/mol. The van der Waals surface area contributed by atoms with Crippen LogP contribution in [0.5, 0.6) is 0 Å². The van der Waals surface area contributed by atoms with Crippen molar-refractivity contribution in [2.45, 2.75) is 20.3 Å². The second-order valence-corrected chi connectivity index (χ2v) is 1.77. The van der Waals surface area contributed by atoms with Gasteiger partial charge in [-0.05, 0) is 13.1 Å². The van der Waals surface area contributed by atoms with Gasteiger partial charge in [-0.1, -0.05) is 13.8 Å². The fourth-order valence-electron chi connectivity index (χ4n) is 0.652. The lowest BCUT2D eigenvalue weighted by atomic mass is 10.4. The fraction of sp³-hybridized carbons (Fsp3) is 0.714. The van der Waals surface area contributed by atoms with Gasteiger partial charge in [-0.3, -0.25) is 4.90 Å². The van der Waals surface area contributed by atoms with E-state index in [0.717, 1.165) is 13.1 Å². The van der Waals surface area contributed by atoms with Crippen LogP contribution >= 0.6 is 0 Å². The van der Waals surface area contributed by atoms with Gasteiger partial charge in [0.05, 0.1) is 12.5 Å². The highest BCUT2D eigenvalue weighted by molar-refractivity contribution is 4.80. The predicted octanol–water partition coefficient (Wildman–Crippen LogP) is 1.40. The molecule has 51 valence electrons. The molecule has 0 aromatic carbocycles. The van der Waals surface area contributed by atoms with Crippen molar-refractivity contribution in [3.05, 3.63) is 6.54 Å². The molecular weight excluding hydrogens is 112 g/mol. The Morgan fingerprint density at radius 3 is 2.33 bits per heavy atom. The number of nitriles is 1. The highest BCUT2D eigenvalue weighted by Crippen LogP contribution is 1.93. The molecule has 1 radical (unpaired) electrons. The molecule has 0 N–H and O–H groups in total. The zero-order valence-electron chi connectivity index (χ0n) is 6.09. The van der Waals surface area contributed by atoms with Crippen LogP contribution in [0.15, 0.2) is 0 Å². The van der Waals surface area contributed by atoms with Gasteiger partial charge in [-0.2, -0.15) is 5.26 Å². The van der Waals surface area contributed by atoms with E-state index in [4.69, 9.17) is 5.26 Å². The summed E-state index contributed by atoms with van der Waals surface area (Å²) in [7, 11) is 0. The standard InChI is InChI=1S/C7H13N2/c1-3-9(4-2)7-5-6-8/h7H,3-5H2,1-2H3. The molecule has 0 aliphatic heterocycles. The molecule has 9 heavy (non-hydrogen) atoms. The van der Waals surface area contributed by atoms with Crippen molar-refractivity contribution in [2.24, 2.45) is 0 Å². The van der Waals surface area contributed by atoms with E-state index in [9.17, 15) is 0 Å². The van der Waals surface area contributed by atoms with Crippen molar-refractivity contribution >= 4 is 0 Å². The van der Waals surface area contributed by atoms with Gasteiger partial charge in [0.25, 0.3) is 0 Å². The second-order valence-electron chi connectivity index (χ2n) is 1.77. The maximum Gasteiger partial charge on any atom is 0.0638 e. The van der Waals surface area contributed by atoms with E-state index in [1.165, 1.54) is 0 Å². The average molecular weight is 125 g/mol. The topological polar surface area (TPSA) is 27.0 Å². The van der Waals surface area contributed by atoms with Gasteiger partial charge in [-0.15, -0.1) is 0 Å². The molecule has 0 saturated heterocycles. The third kappa shape index (κ3) is 3.99. The molecule has 0 aromatic rings. The summed E-state index contributed by atoms with van der Waals surface area (Å²) in [5.41, 5.74) is 0. The van der Waals surface area contributed by atoms with Crippen molar-refractivity contribution in [3.8, 4) is 6.07 Å².